The fraction of sp³-hybridized carbons (Fsp3) is 0.588. The zero-order valence-corrected chi connectivity index (χ0v) is 12.1. The van der Waals surface area contributed by atoms with Crippen LogP contribution in [0.5, 0.6) is 5.75 Å². The summed E-state index contributed by atoms with van der Waals surface area (Å²) in [5, 5.41) is 8.68. The Morgan fingerprint density at radius 1 is 1.35 bits per heavy atom. The summed E-state index contributed by atoms with van der Waals surface area (Å²) in [6, 6.07) is 6.26. The first kappa shape index (κ1) is 14.8. The molecule has 0 radical (unpaired) electrons. The predicted octanol–water partition coefficient (Wildman–Crippen LogP) is 4.68. The third-order valence-corrected chi connectivity index (χ3v) is 4.33. The van der Waals surface area contributed by atoms with E-state index < -0.39 is 5.82 Å². The lowest BCUT2D eigenvalue weighted by Gasteiger charge is -2.28. The van der Waals surface area contributed by atoms with Gasteiger partial charge >= 0.3 is 0 Å². The first-order valence-electron chi connectivity index (χ1n) is 7.53. The van der Waals surface area contributed by atoms with Crippen LogP contribution in [0.4, 0.5) is 4.39 Å². The number of hydrogen-bond acceptors (Lipinski definition) is 2. The van der Waals surface area contributed by atoms with Crippen LogP contribution in [0.1, 0.15) is 51.0 Å². The maximum atomic E-state index is 13.6. The Morgan fingerprint density at radius 3 is 2.85 bits per heavy atom. The topological polar surface area (TPSA) is 33.0 Å². The number of hydrogen-bond donors (Lipinski definition) is 0. The highest BCUT2D eigenvalue weighted by Gasteiger charge is 2.20. The number of nitrogens with zero attached hydrogens (tertiary/aromatic N) is 1. The van der Waals surface area contributed by atoms with Gasteiger partial charge in [-0.3, -0.25) is 0 Å². The van der Waals surface area contributed by atoms with Gasteiger partial charge in [-0.05, 0) is 42.9 Å². The molecular weight excluding hydrogens is 253 g/mol. The molecule has 1 fully saturated rings. The second-order valence-corrected chi connectivity index (χ2v) is 5.77. The molecule has 0 aromatic heterocycles. The highest BCUT2D eigenvalue weighted by molar-refractivity contribution is 5.35. The Bertz CT molecular complexity index is 480. The largest absolute Gasteiger partial charge is 0.491 e. The van der Waals surface area contributed by atoms with Gasteiger partial charge in [0.15, 0.2) is 11.6 Å². The summed E-state index contributed by atoms with van der Waals surface area (Å²) in [7, 11) is 0. The molecule has 2 nitrogen and oxygen atoms in total. The standard InChI is InChI=1S/C17H22FNO/c1-13-5-2-3-6-15(13)7-4-10-20-17-9-8-14(12-19)11-16(17)18/h8-9,11,13,15H,2-7,10H2,1H3. The highest BCUT2D eigenvalue weighted by Crippen LogP contribution is 2.32. The molecule has 0 heterocycles. The average Bonchev–Trinajstić information content (AvgIpc) is 2.46. The minimum absolute atomic E-state index is 0.251. The highest BCUT2D eigenvalue weighted by atomic mass is 19.1. The number of rotatable bonds is 5. The van der Waals surface area contributed by atoms with Crippen LogP contribution in [0.25, 0.3) is 0 Å². The van der Waals surface area contributed by atoms with E-state index in [4.69, 9.17) is 10.00 Å². The number of benzene rings is 1. The zero-order valence-electron chi connectivity index (χ0n) is 12.1. The van der Waals surface area contributed by atoms with Crippen molar-refractivity contribution >= 4 is 0 Å². The van der Waals surface area contributed by atoms with Gasteiger partial charge in [0.2, 0.25) is 0 Å². The molecule has 108 valence electrons. The summed E-state index contributed by atoms with van der Waals surface area (Å²) in [6.45, 7) is 2.89. The summed E-state index contributed by atoms with van der Waals surface area (Å²) >= 11 is 0. The maximum Gasteiger partial charge on any atom is 0.166 e. The number of ether oxygens (including phenoxy) is 1. The Kier molecular flexibility index (Phi) is 5.40. The van der Waals surface area contributed by atoms with Gasteiger partial charge in [-0.2, -0.15) is 5.26 Å². The van der Waals surface area contributed by atoms with Crippen LogP contribution in [0.2, 0.25) is 0 Å². The first-order valence-corrected chi connectivity index (χ1v) is 7.53. The van der Waals surface area contributed by atoms with Crippen LogP contribution in [-0.4, -0.2) is 6.61 Å². The molecule has 0 spiro atoms. The average molecular weight is 275 g/mol. The molecule has 0 saturated heterocycles. The van der Waals surface area contributed by atoms with E-state index in [1.165, 1.54) is 44.2 Å². The van der Waals surface area contributed by atoms with E-state index in [0.717, 1.165) is 18.3 Å². The summed E-state index contributed by atoms with van der Waals surface area (Å²) in [4.78, 5) is 0. The molecule has 1 aliphatic carbocycles. The predicted molar refractivity (Wildman–Crippen MR) is 77.0 cm³/mol. The second kappa shape index (κ2) is 7.28. The maximum absolute atomic E-state index is 13.6. The van der Waals surface area contributed by atoms with Crippen molar-refractivity contribution in [3.63, 3.8) is 0 Å². The van der Waals surface area contributed by atoms with E-state index in [9.17, 15) is 4.39 Å². The molecule has 1 saturated carbocycles. The molecule has 3 heteroatoms. The van der Waals surface area contributed by atoms with Gasteiger partial charge < -0.3 is 4.74 Å². The van der Waals surface area contributed by atoms with Gasteiger partial charge in [-0.1, -0.05) is 32.6 Å². The van der Waals surface area contributed by atoms with E-state index in [-0.39, 0.29) is 5.75 Å². The summed E-state index contributed by atoms with van der Waals surface area (Å²) in [5.41, 5.74) is 0.325. The Labute approximate surface area is 120 Å². The lowest BCUT2D eigenvalue weighted by molar-refractivity contribution is 0.215. The van der Waals surface area contributed by atoms with Crippen LogP contribution < -0.4 is 4.74 Å². The van der Waals surface area contributed by atoms with E-state index in [0.29, 0.717) is 12.2 Å². The SMILES string of the molecule is CC1CCCCC1CCCOc1ccc(C#N)cc1F. The fourth-order valence-corrected chi connectivity index (χ4v) is 3.04. The van der Waals surface area contributed by atoms with Crippen LogP contribution in [0.3, 0.4) is 0 Å². The van der Waals surface area contributed by atoms with Crippen molar-refractivity contribution in [2.45, 2.75) is 45.4 Å². The minimum Gasteiger partial charge on any atom is -0.491 e. The molecule has 0 amide bonds. The van der Waals surface area contributed by atoms with Crippen molar-refractivity contribution in [1.82, 2.24) is 0 Å². The minimum atomic E-state index is -0.449. The van der Waals surface area contributed by atoms with Gasteiger partial charge in [-0.25, -0.2) is 4.39 Å². The molecule has 1 aliphatic rings. The Hall–Kier alpha value is -1.56. The lowest BCUT2D eigenvalue weighted by Crippen LogP contribution is -2.17. The summed E-state index contributed by atoms with van der Waals surface area (Å²) < 4.78 is 19.1. The van der Waals surface area contributed by atoms with Crippen molar-refractivity contribution in [3.05, 3.63) is 29.6 Å². The van der Waals surface area contributed by atoms with Gasteiger partial charge in [0.1, 0.15) is 0 Å². The van der Waals surface area contributed by atoms with Gasteiger partial charge in [0.25, 0.3) is 0 Å². The molecule has 1 aromatic rings. The van der Waals surface area contributed by atoms with E-state index >= 15 is 0 Å². The van der Waals surface area contributed by atoms with E-state index in [2.05, 4.69) is 6.92 Å². The van der Waals surface area contributed by atoms with Crippen molar-refractivity contribution in [2.75, 3.05) is 6.61 Å². The van der Waals surface area contributed by atoms with E-state index in [1.807, 2.05) is 6.07 Å². The molecular formula is C17H22FNO. The molecule has 1 aromatic carbocycles. The fourth-order valence-electron chi connectivity index (χ4n) is 3.04. The molecule has 20 heavy (non-hydrogen) atoms. The van der Waals surface area contributed by atoms with E-state index in [1.54, 1.807) is 6.07 Å². The molecule has 0 N–H and O–H groups in total. The zero-order chi connectivity index (χ0) is 14.4. The number of halogens is 1. The third-order valence-electron chi connectivity index (χ3n) is 4.33. The Morgan fingerprint density at radius 2 is 2.15 bits per heavy atom. The van der Waals surface area contributed by atoms with Gasteiger partial charge in [-0.15, -0.1) is 0 Å². The van der Waals surface area contributed by atoms with Crippen molar-refractivity contribution in [1.29, 1.82) is 5.26 Å². The first-order chi connectivity index (χ1) is 9.70. The van der Waals surface area contributed by atoms with Crippen LogP contribution in [0, 0.1) is 29.0 Å². The van der Waals surface area contributed by atoms with Crippen molar-refractivity contribution in [3.8, 4) is 11.8 Å². The molecule has 2 atom stereocenters. The summed E-state index contributed by atoms with van der Waals surface area (Å²) in [5.74, 6) is 1.42. The summed E-state index contributed by atoms with van der Waals surface area (Å²) in [6.07, 6.45) is 7.51. The van der Waals surface area contributed by atoms with Crippen molar-refractivity contribution in [2.24, 2.45) is 11.8 Å². The third kappa shape index (κ3) is 3.96. The molecule has 0 aliphatic heterocycles. The van der Waals surface area contributed by atoms with Crippen LogP contribution in [0.15, 0.2) is 18.2 Å². The smallest absolute Gasteiger partial charge is 0.166 e. The Balaban J connectivity index is 1.74. The second-order valence-electron chi connectivity index (χ2n) is 5.77. The normalized spacial score (nSPS) is 22.2. The van der Waals surface area contributed by atoms with Gasteiger partial charge in [0, 0.05) is 0 Å². The molecule has 2 rings (SSSR count). The van der Waals surface area contributed by atoms with Gasteiger partial charge in [0.05, 0.1) is 18.2 Å². The molecule has 0 bridgehead atoms. The number of nitriles is 1. The monoisotopic (exact) mass is 275 g/mol. The van der Waals surface area contributed by atoms with Crippen LogP contribution >= 0.6 is 0 Å². The van der Waals surface area contributed by atoms with Crippen LogP contribution in [-0.2, 0) is 0 Å². The quantitative estimate of drug-likeness (QED) is 0.731. The lowest BCUT2D eigenvalue weighted by atomic mass is 9.78. The van der Waals surface area contributed by atoms with Crippen molar-refractivity contribution < 1.29 is 9.13 Å². The molecule has 2 unspecified atom stereocenters.